The number of rotatable bonds is 5. The highest BCUT2D eigenvalue weighted by atomic mass is 16.2. The van der Waals surface area contributed by atoms with E-state index in [1.165, 1.54) is 50.6 Å². The summed E-state index contributed by atoms with van der Waals surface area (Å²) in [6.07, 6.45) is 12.3. The largest absolute Gasteiger partial charge is 0.352 e. The van der Waals surface area contributed by atoms with Gasteiger partial charge in [-0.2, -0.15) is 0 Å². The number of likely N-dealkylation sites (tertiary alicyclic amines) is 1. The molecule has 4 aliphatic carbocycles. The summed E-state index contributed by atoms with van der Waals surface area (Å²) >= 11 is 0. The number of aromatic nitrogens is 1. The molecule has 4 saturated carbocycles. The van der Waals surface area contributed by atoms with Crippen molar-refractivity contribution in [3.8, 4) is 0 Å². The second kappa shape index (κ2) is 7.54. The number of carbonyl (C=O) groups is 1. The first-order chi connectivity index (χ1) is 13.2. The molecule has 5 aliphatic rings. The van der Waals surface area contributed by atoms with Crippen LogP contribution in [-0.2, 0) is 11.2 Å². The molecule has 4 heteroatoms. The normalized spacial score (nSPS) is 36.1. The van der Waals surface area contributed by atoms with Gasteiger partial charge in [0.25, 0.3) is 0 Å². The standard InChI is InChI=1S/C23H33N3O/c27-22(25-23-19-10-17-9-18(12-19)13-20(23)11-17)15-26-7-4-16(5-8-26)14-21-3-1-2-6-24-21/h1-3,6,16-20,23H,4-5,7-15H2,(H,25,27). The van der Waals surface area contributed by atoms with Gasteiger partial charge in [-0.15, -0.1) is 0 Å². The monoisotopic (exact) mass is 367 g/mol. The number of carbonyl (C=O) groups excluding carboxylic acids is 1. The molecular formula is C23H33N3O. The molecular weight excluding hydrogens is 334 g/mol. The number of piperidine rings is 1. The lowest BCUT2D eigenvalue weighted by Gasteiger charge is -2.54. The van der Waals surface area contributed by atoms with E-state index in [9.17, 15) is 4.79 Å². The highest BCUT2D eigenvalue weighted by Crippen LogP contribution is 2.53. The minimum atomic E-state index is 0.274. The van der Waals surface area contributed by atoms with Crippen LogP contribution >= 0.6 is 0 Å². The molecule has 1 aromatic rings. The van der Waals surface area contributed by atoms with Crippen LogP contribution in [-0.4, -0.2) is 41.5 Å². The first kappa shape index (κ1) is 17.7. The minimum Gasteiger partial charge on any atom is -0.352 e. The molecule has 0 radical (unpaired) electrons. The predicted octanol–water partition coefficient (Wildman–Crippen LogP) is 3.28. The summed E-state index contributed by atoms with van der Waals surface area (Å²) in [7, 11) is 0. The van der Waals surface area contributed by atoms with Crippen LogP contribution in [0.2, 0.25) is 0 Å². The molecule has 6 rings (SSSR count). The van der Waals surface area contributed by atoms with Crippen LogP contribution in [0.3, 0.4) is 0 Å². The lowest BCUT2D eigenvalue weighted by atomic mass is 9.54. The summed E-state index contributed by atoms with van der Waals surface area (Å²) in [6, 6.07) is 6.66. The summed E-state index contributed by atoms with van der Waals surface area (Å²) in [5.41, 5.74) is 1.20. The Morgan fingerprint density at radius 3 is 2.37 bits per heavy atom. The van der Waals surface area contributed by atoms with E-state index in [1.807, 2.05) is 12.3 Å². The number of hydrogen-bond acceptors (Lipinski definition) is 3. The zero-order valence-electron chi connectivity index (χ0n) is 16.4. The van der Waals surface area contributed by atoms with Gasteiger partial charge in [0.2, 0.25) is 5.91 Å². The van der Waals surface area contributed by atoms with Crippen molar-refractivity contribution in [1.82, 2.24) is 15.2 Å². The Bertz CT molecular complexity index is 625. The van der Waals surface area contributed by atoms with Gasteiger partial charge in [0.05, 0.1) is 6.54 Å². The molecule has 0 unspecified atom stereocenters. The minimum absolute atomic E-state index is 0.274. The van der Waals surface area contributed by atoms with Crippen LogP contribution in [0.4, 0.5) is 0 Å². The number of hydrogen-bond donors (Lipinski definition) is 1. The Morgan fingerprint density at radius 2 is 1.74 bits per heavy atom. The van der Waals surface area contributed by atoms with Gasteiger partial charge in [-0.3, -0.25) is 14.7 Å². The third kappa shape index (κ3) is 3.91. The van der Waals surface area contributed by atoms with E-state index in [1.54, 1.807) is 0 Å². The third-order valence-corrected chi connectivity index (χ3v) is 7.85. The molecule has 4 nitrogen and oxygen atoms in total. The van der Waals surface area contributed by atoms with Gasteiger partial charge in [-0.25, -0.2) is 0 Å². The van der Waals surface area contributed by atoms with E-state index in [0.29, 0.717) is 18.5 Å². The fourth-order valence-corrected chi connectivity index (χ4v) is 6.76. The number of pyridine rings is 1. The number of nitrogens with zero attached hydrogens (tertiary/aromatic N) is 2. The SMILES string of the molecule is O=C(CN1CCC(Cc2ccccn2)CC1)NC1C2CC3CC(C2)CC1C3. The van der Waals surface area contributed by atoms with Crippen molar-refractivity contribution >= 4 is 5.91 Å². The topological polar surface area (TPSA) is 45.2 Å². The molecule has 0 aromatic carbocycles. The van der Waals surface area contributed by atoms with Crippen molar-refractivity contribution in [3.63, 3.8) is 0 Å². The first-order valence-electron chi connectivity index (χ1n) is 11.1. The molecule has 2 heterocycles. The molecule has 146 valence electrons. The highest BCUT2D eigenvalue weighted by molar-refractivity contribution is 5.78. The molecule has 0 atom stereocenters. The second-order valence-electron chi connectivity index (χ2n) is 9.77. The van der Waals surface area contributed by atoms with Crippen LogP contribution in [0.25, 0.3) is 0 Å². The molecule has 5 fully saturated rings. The average molecular weight is 368 g/mol. The van der Waals surface area contributed by atoms with E-state index in [-0.39, 0.29) is 5.91 Å². The number of amides is 1. The zero-order chi connectivity index (χ0) is 18.2. The second-order valence-corrected chi connectivity index (χ2v) is 9.77. The smallest absolute Gasteiger partial charge is 0.234 e. The third-order valence-electron chi connectivity index (χ3n) is 7.85. The Morgan fingerprint density at radius 1 is 1.04 bits per heavy atom. The Balaban J connectivity index is 1.08. The van der Waals surface area contributed by atoms with E-state index in [0.717, 1.165) is 43.2 Å². The van der Waals surface area contributed by atoms with Gasteiger partial charge in [0.15, 0.2) is 0 Å². The van der Waals surface area contributed by atoms with Gasteiger partial charge in [0, 0.05) is 17.9 Å². The maximum absolute atomic E-state index is 12.7. The van der Waals surface area contributed by atoms with E-state index < -0.39 is 0 Å². The van der Waals surface area contributed by atoms with Crippen molar-refractivity contribution in [1.29, 1.82) is 0 Å². The molecule has 27 heavy (non-hydrogen) atoms. The van der Waals surface area contributed by atoms with Crippen LogP contribution < -0.4 is 5.32 Å². The summed E-state index contributed by atoms with van der Waals surface area (Å²) in [5.74, 6) is 4.47. The summed E-state index contributed by atoms with van der Waals surface area (Å²) < 4.78 is 0. The van der Waals surface area contributed by atoms with E-state index in [2.05, 4.69) is 27.3 Å². The Kier molecular flexibility index (Phi) is 4.93. The van der Waals surface area contributed by atoms with Gasteiger partial charge in [-0.05, 0) is 106 Å². The Labute approximate surface area is 163 Å². The van der Waals surface area contributed by atoms with Crippen molar-refractivity contribution < 1.29 is 4.79 Å². The van der Waals surface area contributed by atoms with Crippen molar-refractivity contribution in [2.75, 3.05) is 19.6 Å². The fraction of sp³-hybridized carbons (Fsp3) is 0.739. The highest BCUT2D eigenvalue weighted by Gasteiger charge is 2.48. The van der Waals surface area contributed by atoms with Gasteiger partial charge >= 0.3 is 0 Å². The lowest BCUT2D eigenvalue weighted by Crippen LogP contribution is -2.57. The van der Waals surface area contributed by atoms with Crippen LogP contribution in [0.5, 0.6) is 0 Å². The maximum atomic E-state index is 12.7. The van der Waals surface area contributed by atoms with Crippen molar-refractivity contribution in [2.45, 2.75) is 57.4 Å². The van der Waals surface area contributed by atoms with Gasteiger partial charge < -0.3 is 5.32 Å². The summed E-state index contributed by atoms with van der Waals surface area (Å²) in [6.45, 7) is 2.69. The molecule has 4 bridgehead atoms. The number of nitrogens with one attached hydrogen (secondary N) is 1. The first-order valence-corrected chi connectivity index (χ1v) is 11.1. The lowest BCUT2D eigenvalue weighted by molar-refractivity contribution is -0.126. The van der Waals surface area contributed by atoms with Crippen LogP contribution in [0.1, 0.15) is 50.6 Å². The average Bonchev–Trinajstić information content (AvgIpc) is 2.67. The molecule has 1 saturated heterocycles. The van der Waals surface area contributed by atoms with E-state index >= 15 is 0 Å². The van der Waals surface area contributed by atoms with E-state index in [4.69, 9.17) is 0 Å². The molecule has 0 spiro atoms. The molecule has 1 aliphatic heterocycles. The maximum Gasteiger partial charge on any atom is 0.234 e. The van der Waals surface area contributed by atoms with Crippen molar-refractivity contribution in [2.24, 2.45) is 29.6 Å². The summed E-state index contributed by atoms with van der Waals surface area (Å²) in [5, 5.41) is 3.47. The quantitative estimate of drug-likeness (QED) is 0.869. The molecule has 1 aromatic heterocycles. The zero-order valence-corrected chi connectivity index (χ0v) is 16.4. The predicted molar refractivity (Wildman–Crippen MR) is 106 cm³/mol. The molecule has 1 N–H and O–H groups in total. The Hall–Kier alpha value is -1.42. The van der Waals surface area contributed by atoms with Crippen molar-refractivity contribution in [3.05, 3.63) is 30.1 Å². The summed E-state index contributed by atoms with van der Waals surface area (Å²) in [4.78, 5) is 19.5. The van der Waals surface area contributed by atoms with Crippen LogP contribution in [0.15, 0.2) is 24.4 Å². The van der Waals surface area contributed by atoms with Crippen LogP contribution in [0, 0.1) is 29.6 Å². The molecule has 1 amide bonds. The fourth-order valence-electron chi connectivity index (χ4n) is 6.76. The van der Waals surface area contributed by atoms with Gasteiger partial charge in [0.1, 0.15) is 0 Å². The van der Waals surface area contributed by atoms with Gasteiger partial charge in [-0.1, -0.05) is 6.07 Å².